The van der Waals surface area contributed by atoms with Crippen LogP contribution >= 0.6 is 0 Å². The topological polar surface area (TPSA) is 106 Å². The van der Waals surface area contributed by atoms with Crippen LogP contribution in [0.5, 0.6) is 0 Å². The third kappa shape index (κ3) is 4.94. The van der Waals surface area contributed by atoms with Crippen molar-refractivity contribution in [1.29, 1.82) is 0 Å². The van der Waals surface area contributed by atoms with E-state index in [4.69, 9.17) is 5.14 Å². The van der Waals surface area contributed by atoms with E-state index in [9.17, 15) is 13.2 Å². The van der Waals surface area contributed by atoms with Crippen LogP contribution in [0.15, 0.2) is 53.4 Å². The van der Waals surface area contributed by atoms with E-state index in [0.29, 0.717) is 6.54 Å². The third-order valence-corrected chi connectivity index (χ3v) is 5.99. The van der Waals surface area contributed by atoms with Crippen LogP contribution < -0.4 is 15.8 Å². The maximum atomic E-state index is 12.6. The molecule has 6 nitrogen and oxygen atoms in total. The van der Waals surface area contributed by atoms with Crippen molar-refractivity contribution in [1.82, 2.24) is 5.32 Å². The first-order valence-electron chi connectivity index (χ1n) is 9.18. The molecule has 5 N–H and O–H groups in total. The Morgan fingerprint density at radius 2 is 1.93 bits per heavy atom. The first-order valence-corrected chi connectivity index (χ1v) is 10.7. The van der Waals surface area contributed by atoms with E-state index in [1.54, 1.807) is 12.1 Å². The zero-order valence-corrected chi connectivity index (χ0v) is 16.2. The van der Waals surface area contributed by atoms with Gasteiger partial charge in [-0.1, -0.05) is 36.4 Å². The number of quaternary nitrogens is 1. The summed E-state index contributed by atoms with van der Waals surface area (Å²) in [6, 6.07) is 14.5. The number of hydrogen-bond donors (Lipinski definition) is 3. The molecule has 0 fully saturated rings. The summed E-state index contributed by atoms with van der Waals surface area (Å²) in [4.78, 5) is 12.7. The quantitative estimate of drug-likeness (QED) is 0.687. The van der Waals surface area contributed by atoms with E-state index in [0.717, 1.165) is 24.8 Å². The number of nitrogens with two attached hydrogens (primary N) is 2. The fraction of sp³-hybridized carbons (Fsp3) is 0.350. The van der Waals surface area contributed by atoms with Crippen LogP contribution in [0.25, 0.3) is 0 Å². The van der Waals surface area contributed by atoms with Crippen molar-refractivity contribution in [2.75, 3.05) is 0 Å². The lowest BCUT2D eigenvalue weighted by molar-refractivity contribution is -0.689. The molecule has 0 radical (unpaired) electrons. The maximum absolute atomic E-state index is 12.6. The van der Waals surface area contributed by atoms with Crippen molar-refractivity contribution in [3.63, 3.8) is 0 Å². The molecule has 7 heteroatoms. The molecule has 0 spiro atoms. The Balaban J connectivity index is 1.56. The highest BCUT2D eigenvalue weighted by molar-refractivity contribution is 7.89. The van der Waals surface area contributed by atoms with E-state index in [1.807, 2.05) is 24.4 Å². The van der Waals surface area contributed by atoms with Crippen molar-refractivity contribution < 1.29 is 18.5 Å². The Hall–Kier alpha value is -2.22. The predicted octanol–water partition coefficient (Wildman–Crippen LogP) is 0.980. The monoisotopic (exact) mass is 388 g/mol. The van der Waals surface area contributed by atoms with Gasteiger partial charge in [0.15, 0.2) is 6.04 Å². The van der Waals surface area contributed by atoms with Crippen molar-refractivity contribution in [3.8, 4) is 0 Å². The molecule has 1 aliphatic rings. The Labute approximate surface area is 160 Å². The molecule has 27 heavy (non-hydrogen) atoms. The summed E-state index contributed by atoms with van der Waals surface area (Å²) < 4.78 is 22.6. The van der Waals surface area contributed by atoms with Gasteiger partial charge in [0.25, 0.3) is 5.91 Å². The fourth-order valence-corrected chi connectivity index (χ4v) is 3.96. The molecule has 144 valence electrons. The maximum Gasteiger partial charge on any atom is 0.278 e. The van der Waals surface area contributed by atoms with Gasteiger partial charge in [-0.3, -0.25) is 4.79 Å². The smallest absolute Gasteiger partial charge is 0.278 e. The number of fused-ring (bicyclic) bond motifs is 1. The molecule has 3 rings (SSSR count). The average molecular weight is 389 g/mol. The number of nitrogens with one attached hydrogen (secondary N) is 1. The van der Waals surface area contributed by atoms with Crippen molar-refractivity contribution in [3.05, 3.63) is 65.2 Å². The largest absolute Gasteiger partial charge is 0.344 e. The van der Waals surface area contributed by atoms with Gasteiger partial charge in [-0.15, -0.1) is 0 Å². The molecule has 0 unspecified atom stereocenters. The van der Waals surface area contributed by atoms with Gasteiger partial charge in [0.05, 0.1) is 10.9 Å². The molecule has 2 aromatic rings. The van der Waals surface area contributed by atoms with E-state index in [2.05, 4.69) is 17.4 Å². The molecule has 2 aromatic carbocycles. The second-order valence-electron chi connectivity index (χ2n) is 7.07. The summed E-state index contributed by atoms with van der Waals surface area (Å²) in [6.07, 6.45) is 3.11. The predicted molar refractivity (Wildman–Crippen MR) is 103 cm³/mol. The van der Waals surface area contributed by atoms with Crippen LogP contribution in [0.4, 0.5) is 0 Å². The normalized spacial score (nSPS) is 17.8. The highest BCUT2D eigenvalue weighted by Crippen LogP contribution is 2.29. The van der Waals surface area contributed by atoms with Crippen LogP contribution in [0, 0.1) is 0 Å². The number of carbonyl (C=O) groups excluding carboxylic acids is 1. The van der Waals surface area contributed by atoms with Crippen LogP contribution in [0.2, 0.25) is 0 Å². The van der Waals surface area contributed by atoms with Crippen LogP contribution in [0.3, 0.4) is 0 Å². The molecule has 0 aromatic heterocycles. The van der Waals surface area contributed by atoms with Gasteiger partial charge in [0.2, 0.25) is 10.0 Å². The van der Waals surface area contributed by atoms with Gasteiger partial charge in [-0.05, 0) is 49.4 Å². The lowest BCUT2D eigenvalue weighted by atomic mass is 9.87. The van der Waals surface area contributed by atoms with Crippen molar-refractivity contribution >= 4 is 15.9 Å². The molecule has 1 amide bonds. The van der Waals surface area contributed by atoms with Crippen LogP contribution in [0.1, 0.15) is 42.5 Å². The summed E-state index contributed by atoms with van der Waals surface area (Å²) in [6.45, 7) is 2.46. The molecule has 0 bridgehead atoms. The molecule has 0 saturated carbocycles. The summed E-state index contributed by atoms with van der Waals surface area (Å²) in [5.41, 5.74) is 3.48. The minimum absolute atomic E-state index is 0.0119. The lowest BCUT2D eigenvalue weighted by Gasteiger charge is -2.27. The van der Waals surface area contributed by atoms with Gasteiger partial charge in [0.1, 0.15) is 6.54 Å². The first kappa shape index (κ1) is 19.5. The Bertz CT molecular complexity index is 910. The molecule has 0 heterocycles. The Morgan fingerprint density at radius 1 is 1.22 bits per heavy atom. The second kappa shape index (κ2) is 8.21. The van der Waals surface area contributed by atoms with E-state index in [1.165, 1.54) is 23.3 Å². The zero-order chi connectivity index (χ0) is 19.4. The van der Waals surface area contributed by atoms with Gasteiger partial charge in [0, 0.05) is 5.56 Å². The van der Waals surface area contributed by atoms with E-state index < -0.39 is 10.0 Å². The van der Waals surface area contributed by atoms with Gasteiger partial charge >= 0.3 is 0 Å². The summed E-state index contributed by atoms with van der Waals surface area (Å²) in [5, 5.41) is 10.2. The molecule has 0 aliphatic heterocycles. The minimum Gasteiger partial charge on any atom is -0.344 e. The number of amides is 1. The fourth-order valence-electron chi connectivity index (χ4n) is 3.44. The number of sulfonamides is 1. The number of aryl methyl sites for hydroxylation is 1. The van der Waals surface area contributed by atoms with E-state index >= 15 is 0 Å². The first-order chi connectivity index (χ1) is 12.8. The lowest BCUT2D eigenvalue weighted by Crippen LogP contribution is -2.90. The number of primary sulfonamides is 1. The minimum atomic E-state index is -3.68. The second-order valence-corrected chi connectivity index (χ2v) is 8.63. The van der Waals surface area contributed by atoms with Crippen LogP contribution in [-0.2, 0) is 27.8 Å². The highest BCUT2D eigenvalue weighted by Gasteiger charge is 2.24. The number of carbonyl (C=O) groups is 1. The summed E-state index contributed by atoms with van der Waals surface area (Å²) in [7, 11) is -3.68. The average Bonchev–Trinajstić information content (AvgIpc) is 2.66. The number of hydrogen-bond acceptors (Lipinski definition) is 3. The van der Waals surface area contributed by atoms with Crippen molar-refractivity contribution in [2.45, 2.75) is 49.7 Å². The third-order valence-electron chi connectivity index (χ3n) is 5.06. The number of rotatable bonds is 6. The summed E-state index contributed by atoms with van der Waals surface area (Å²) in [5.74, 6) is 0.0119. The van der Waals surface area contributed by atoms with Gasteiger partial charge < -0.3 is 10.6 Å². The van der Waals surface area contributed by atoms with E-state index in [-0.39, 0.29) is 22.9 Å². The molecule has 1 aliphatic carbocycles. The molecule has 0 saturated heterocycles. The highest BCUT2D eigenvalue weighted by atomic mass is 32.2. The summed E-state index contributed by atoms with van der Waals surface area (Å²) >= 11 is 0. The van der Waals surface area contributed by atoms with Gasteiger partial charge in [-0.25, -0.2) is 13.6 Å². The number of benzene rings is 2. The molecule has 2 atom stereocenters. The Kier molecular flexibility index (Phi) is 5.94. The Morgan fingerprint density at radius 3 is 2.63 bits per heavy atom. The molecular formula is C20H26N3O3S+. The zero-order valence-electron chi connectivity index (χ0n) is 15.4. The molecular weight excluding hydrogens is 362 g/mol. The van der Waals surface area contributed by atoms with Gasteiger partial charge in [-0.2, -0.15) is 0 Å². The van der Waals surface area contributed by atoms with Crippen LogP contribution in [-0.4, -0.2) is 20.4 Å². The van der Waals surface area contributed by atoms with Crippen molar-refractivity contribution in [2.24, 2.45) is 5.14 Å². The SMILES string of the molecule is C[C@H]([NH2+]Cc1ccc(S(N)(=O)=O)cc1)C(=O)N[C@H]1CCCc2ccccc21. The standard InChI is InChI=1S/C20H25N3O3S/c1-14(22-13-15-9-11-17(12-10-15)27(21,25)26)20(24)23-19-8-4-6-16-5-2-3-7-18(16)19/h2-3,5,7,9-12,14,19,22H,4,6,8,13H2,1H3,(H,23,24)(H2,21,25,26)/p+1/t14-,19-/m0/s1.